The van der Waals surface area contributed by atoms with E-state index in [0.29, 0.717) is 44.3 Å². The molecule has 2 amide bonds. The molecule has 1 aromatic carbocycles. The van der Waals surface area contributed by atoms with E-state index in [1.54, 1.807) is 24.3 Å². The fraction of sp³-hybridized carbons (Fsp3) is 0.500. The summed E-state index contributed by atoms with van der Waals surface area (Å²) in [5, 5.41) is 2.59. The molecule has 0 unspecified atom stereocenters. The van der Waals surface area contributed by atoms with Gasteiger partial charge >= 0.3 is 11.8 Å². The van der Waals surface area contributed by atoms with Crippen LogP contribution in [-0.2, 0) is 19.1 Å². The number of nitrogens with one attached hydrogen (secondary N) is 1. The fourth-order valence-corrected chi connectivity index (χ4v) is 1.89. The van der Waals surface area contributed by atoms with Crippen LogP contribution < -0.4 is 10.1 Å². The maximum atomic E-state index is 12.3. The number of nitrogens with zero attached hydrogens (tertiary/aromatic N) is 1. The van der Waals surface area contributed by atoms with Gasteiger partial charge in [0.1, 0.15) is 5.75 Å². The second kappa shape index (κ2) is 10.6. The fourth-order valence-electron chi connectivity index (χ4n) is 1.89. The number of amides is 2. The zero-order valence-corrected chi connectivity index (χ0v) is 13.8. The van der Waals surface area contributed by atoms with Crippen molar-refractivity contribution in [3.05, 3.63) is 24.3 Å². The zero-order chi connectivity index (χ0) is 17.1. The SMILES string of the molecule is CCOc1ccccc1NC(=O)C(=O)N(CCOC)CCOC. The number of anilines is 1. The highest BCUT2D eigenvalue weighted by Crippen LogP contribution is 2.23. The minimum absolute atomic E-state index is 0.319. The molecule has 7 heteroatoms. The lowest BCUT2D eigenvalue weighted by molar-refractivity contribution is -0.144. The van der Waals surface area contributed by atoms with E-state index in [9.17, 15) is 9.59 Å². The summed E-state index contributed by atoms with van der Waals surface area (Å²) in [6, 6.07) is 6.98. The highest BCUT2D eigenvalue weighted by molar-refractivity contribution is 6.39. The second-order valence-corrected chi connectivity index (χ2v) is 4.66. The van der Waals surface area contributed by atoms with Crippen LogP contribution in [0.5, 0.6) is 5.75 Å². The van der Waals surface area contributed by atoms with E-state index >= 15 is 0 Å². The Morgan fingerprint density at radius 1 is 1.09 bits per heavy atom. The normalized spacial score (nSPS) is 10.2. The lowest BCUT2D eigenvalue weighted by atomic mass is 10.3. The van der Waals surface area contributed by atoms with Crippen LogP contribution >= 0.6 is 0 Å². The Hall–Kier alpha value is -2.12. The molecular formula is C16H24N2O5. The summed E-state index contributed by atoms with van der Waals surface area (Å²) in [6.45, 7) is 3.64. The maximum Gasteiger partial charge on any atom is 0.314 e. The maximum absolute atomic E-state index is 12.3. The van der Waals surface area contributed by atoms with E-state index in [2.05, 4.69) is 5.32 Å². The monoisotopic (exact) mass is 324 g/mol. The number of para-hydroxylation sites is 2. The Morgan fingerprint density at radius 2 is 1.70 bits per heavy atom. The predicted molar refractivity (Wildman–Crippen MR) is 86.6 cm³/mol. The molecule has 1 aromatic rings. The topological polar surface area (TPSA) is 77.1 Å². The van der Waals surface area contributed by atoms with Gasteiger partial charge in [0.05, 0.1) is 25.5 Å². The van der Waals surface area contributed by atoms with Crippen LogP contribution in [0.4, 0.5) is 5.69 Å². The molecule has 0 bridgehead atoms. The first-order valence-electron chi connectivity index (χ1n) is 7.44. The first-order chi connectivity index (χ1) is 11.1. The van der Waals surface area contributed by atoms with Crippen molar-refractivity contribution in [3.8, 4) is 5.75 Å². The van der Waals surface area contributed by atoms with E-state index in [1.165, 1.54) is 19.1 Å². The minimum atomic E-state index is -0.718. The number of carbonyl (C=O) groups is 2. The van der Waals surface area contributed by atoms with E-state index in [1.807, 2.05) is 6.92 Å². The molecule has 1 N–H and O–H groups in total. The Labute approximate surface area is 136 Å². The minimum Gasteiger partial charge on any atom is -0.492 e. The highest BCUT2D eigenvalue weighted by atomic mass is 16.5. The van der Waals surface area contributed by atoms with Crippen molar-refractivity contribution in [2.24, 2.45) is 0 Å². The Balaban J connectivity index is 2.75. The van der Waals surface area contributed by atoms with Crippen LogP contribution in [0, 0.1) is 0 Å². The molecular weight excluding hydrogens is 300 g/mol. The molecule has 0 heterocycles. The number of rotatable bonds is 9. The smallest absolute Gasteiger partial charge is 0.314 e. The van der Waals surface area contributed by atoms with Gasteiger partial charge in [-0.1, -0.05) is 12.1 Å². The van der Waals surface area contributed by atoms with E-state index < -0.39 is 11.8 Å². The Kier molecular flexibility index (Phi) is 8.71. The van der Waals surface area contributed by atoms with Gasteiger partial charge in [0.25, 0.3) is 0 Å². The lowest BCUT2D eigenvalue weighted by Crippen LogP contribution is -2.43. The van der Waals surface area contributed by atoms with Gasteiger partial charge in [-0.15, -0.1) is 0 Å². The van der Waals surface area contributed by atoms with Crippen LogP contribution in [0.3, 0.4) is 0 Å². The summed E-state index contributed by atoms with van der Waals surface area (Å²) >= 11 is 0. The highest BCUT2D eigenvalue weighted by Gasteiger charge is 2.22. The van der Waals surface area contributed by atoms with Crippen molar-refractivity contribution in [2.75, 3.05) is 52.4 Å². The summed E-state index contributed by atoms with van der Waals surface area (Å²) in [4.78, 5) is 25.9. The zero-order valence-electron chi connectivity index (χ0n) is 13.8. The van der Waals surface area contributed by atoms with E-state index in [0.717, 1.165) is 0 Å². The molecule has 128 valence electrons. The molecule has 0 spiro atoms. The average Bonchev–Trinajstić information content (AvgIpc) is 2.56. The van der Waals surface area contributed by atoms with Gasteiger partial charge in [0, 0.05) is 27.3 Å². The van der Waals surface area contributed by atoms with Crippen molar-refractivity contribution >= 4 is 17.5 Å². The van der Waals surface area contributed by atoms with Gasteiger partial charge in [-0.05, 0) is 19.1 Å². The average molecular weight is 324 g/mol. The third kappa shape index (κ3) is 6.25. The van der Waals surface area contributed by atoms with Crippen LogP contribution in [0.25, 0.3) is 0 Å². The van der Waals surface area contributed by atoms with Crippen molar-refractivity contribution in [3.63, 3.8) is 0 Å². The Bertz CT molecular complexity index is 499. The molecule has 0 aliphatic carbocycles. The summed E-state index contributed by atoms with van der Waals surface area (Å²) in [5.74, 6) is -0.828. The van der Waals surface area contributed by atoms with Gasteiger partial charge < -0.3 is 24.4 Å². The number of hydrogen-bond acceptors (Lipinski definition) is 5. The van der Waals surface area contributed by atoms with Gasteiger partial charge in [0.15, 0.2) is 0 Å². The number of benzene rings is 1. The van der Waals surface area contributed by atoms with Crippen LogP contribution in [0.2, 0.25) is 0 Å². The van der Waals surface area contributed by atoms with Gasteiger partial charge in [-0.2, -0.15) is 0 Å². The Morgan fingerprint density at radius 3 is 2.26 bits per heavy atom. The van der Waals surface area contributed by atoms with E-state index in [-0.39, 0.29) is 0 Å². The number of carbonyl (C=O) groups excluding carboxylic acids is 2. The van der Waals surface area contributed by atoms with Gasteiger partial charge in [-0.3, -0.25) is 9.59 Å². The first-order valence-corrected chi connectivity index (χ1v) is 7.44. The van der Waals surface area contributed by atoms with Crippen molar-refractivity contribution < 1.29 is 23.8 Å². The molecule has 0 aliphatic rings. The van der Waals surface area contributed by atoms with Crippen molar-refractivity contribution in [1.82, 2.24) is 4.90 Å². The molecule has 1 rings (SSSR count). The molecule has 0 atom stereocenters. The first kappa shape index (κ1) is 18.9. The van der Waals surface area contributed by atoms with Crippen LogP contribution in [-0.4, -0.2) is 63.8 Å². The third-order valence-corrected chi connectivity index (χ3v) is 3.05. The van der Waals surface area contributed by atoms with Crippen molar-refractivity contribution in [1.29, 1.82) is 0 Å². The standard InChI is InChI=1S/C16H24N2O5/c1-4-23-14-8-6-5-7-13(14)17-15(19)16(20)18(9-11-21-2)10-12-22-3/h5-8H,4,9-12H2,1-3H3,(H,17,19). The second-order valence-electron chi connectivity index (χ2n) is 4.66. The molecule has 23 heavy (non-hydrogen) atoms. The number of hydrogen-bond donors (Lipinski definition) is 1. The van der Waals surface area contributed by atoms with Crippen molar-refractivity contribution in [2.45, 2.75) is 6.92 Å². The predicted octanol–water partition coefficient (Wildman–Crippen LogP) is 1.15. The largest absolute Gasteiger partial charge is 0.492 e. The summed E-state index contributed by atoms with van der Waals surface area (Å²) in [7, 11) is 3.08. The molecule has 0 saturated carbocycles. The third-order valence-electron chi connectivity index (χ3n) is 3.05. The molecule has 0 fully saturated rings. The van der Waals surface area contributed by atoms with Crippen LogP contribution in [0.15, 0.2) is 24.3 Å². The number of methoxy groups -OCH3 is 2. The molecule has 0 saturated heterocycles. The summed E-state index contributed by atoms with van der Waals surface area (Å²) in [6.07, 6.45) is 0. The molecule has 0 aliphatic heterocycles. The quantitative estimate of drug-likeness (QED) is 0.690. The van der Waals surface area contributed by atoms with Crippen LogP contribution in [0.1, 0.15) is 6.92 Å². The molecule has 0 aromatic heterocycles. The van der Waals surface area contributed by atoms with Gasteiger partial charge in [-0.25, -0.2) is 0 Å². The molecule has 7 nitrogen and oxygen atoms in total. The summed E-state index contributed by atoms with van der Waals surface area (Å²) < 4.78 is 15.4. The number of ether oxygens (including phenoxy) is 3. The molecule has 0 radical (unpaired) electrons. The summed E-state index contributed by atoms with van der Waals surface area (Å²) in [5.41, 5.74) is 0.464. The van der Waals surface area contributed by atoms with Gasteiger partial charge in [0.2, 0.25) is 0 Å². The van der Waals surface area contributed by atoms with E-state index in [4.69, 9.17) is 14.2 Å². The lowest BCUT2D eigenvalue weighted by Gasteiger charge is -2.21.